The summed E-state index contributed by atoms with van der Waals surface area (Å²) < 4.78 is 0.938. The van der Waals surface area contributed by atoms with Crippen LogP contribution in [0.3, 0.4) is 0 Å². The molecule has 3 rings (SSSR count). The van der Waals surface area contributed by atoms with Crippen LogP contribution >= 0.6 is 15.9 Å². The Bertz CT molecular complexity index is 658. The van der Waals surface area contributed by atoms with Gasteiger partial charge in [0, 0.05) is 43.0 Å². The first-order valence-corrected chi connectivity index (χ1v) is 7.32. The molecule has 2 aromatic rings. The molecule has 0 radical (unpaired) electrons. The van der Waals surface area contributed by atoms with Crippen molar-refractivity contribution in [3.05, 3.63) is 29.0 Å². The van der Waals surface area contributed by atoms with Crippen molar-refractivity contribution < 1.29 is 0 Å². The Morgan fingerprint density at radius 2 is 2.05 bits per heavy atom. The first-order chi connectivity index (χ1) is 9.78. The maximum Gasteiger partial charge on any atom is 0.112 e. The first-order valence-electron chi connectivity index (χ1n) is 6.52. The Morgan fingerprint density at radius 1 is 1.25 bits per heavy atom. The number of aromatic nitrogens is 2. The summed E-state index contributed by atoms with van der Waals surface area (Å²) in [5.41, 5.74) is 2.96. The molecule has 1 aliphatic rings. The van der Waals surface area contributed by atoms with Crippen LogP contribution in [-0.4, -0.2) is 47.6 Å². The molecule has 1 aliphatic heterocycles. The van der Waals surface area contributed by atoms with E-state index in [0.29, 0.717) is 6.54 Å². The zero-order valence-electron chi connectivity index (χ0n) is 11.0. The van der Waals surface area contributed by atoms with E-state index >= 15 is 0 Å². The molecular weight excluding hydrogens is 318 g/mol. The normalized spacial score (nSPS) is 16.3. The predicted molar refractivity (Wildman–Crippen MR) is 81.5 cm³/mol. The number of hydrogen-bond donors (Lipinski definition) is 0. The van der Waals surface area contributed by atoms with E-state index in [0.717, 1.165) is 47.4 Å². The third-order valence-corrected chi connectivity index (χ3v) is 3.96. The number of anilines is 1. The topological polar surface area (TPSA) is 56.1 Å². The summed E-state index contributed by atoms with van der Waals surface area (Å²) in [6, 6.07) is 6.21. The maximum atomic E-state index is 8.74. The van der Waals surface area contributed by atoms with E-state index in [2.05, 4.69) is 41.8 Å². The van der Waals surface area contributed by atoms with Crippen LogP contribution in [-0.2, 0) is 0 Å². The lowest BCUT2D eigenvalue weighted by molar-refractivity contribution is 0.287. The van der Waals surface area contributed by atoms with Gasteiger partial charge in [0.15, 0.2) is 0 Å². The van der Waals surface area contributed by atoms with Crippen LogP contribution in [0, 0.1) is 11.3 Å². The minimum absolute atomic E-state index is 0.510. The summed E-state index contributed by atoms with van der Waals surface area (Å²) in [4.78, 5) is 13.4. The summed E-state index contributed by atoms with van der Waals surface area (Å²) in [5.74, 6) is 0. The summed E-state index contributed by atoms with van der Waals surface area (Å²) in [7, 11) is 0. The zero-order chi connectivity index (χ0) is 13.9. The molecule has 6 heteroatoms. The molecule has 0 aromatic carbocycles. The van der Waals surface area contributed by atoms with E-state index in [1.165, 1.54) is 0 Å². The smallest absolute Gasteiger partial charge is 0.112 e. The summed E-state index contributed by atoms with van der Waals surface area (Å²) in [6.45, 7) is 4.16. The molecular formula is C14H14BrN5. The zero-order valence-corrected chi connectivity index (χ0v) is 12.5. The molecule has 1 fully saturated rings. The molecule has 0 N–H and O–H groups in total. The largest absolute Gasteiger partial charge is 0.367 e. The van der Waals surface area contributed by atoms with Gasteiger partial charge in [0.2, 0.25) is 0 Å². The van der Waals surface area contributed by atoms with Gasteiger partial charge in [0.25, 0.3) is 0 Å². The minimum Gasteiger partial charge on any atom is -0.367 e. The maximum absolute atomic E-state index is 8.74. The number of hydrogen-bond acceptors (Lipinski definition) is 5. The molecule has 1 saturated heterocycles. The lowest BCUT2D eigenvalue weighted by Gasteiger charge is -2.35. The fourth-order valence-corrected chi connectivity index (χ4v) is 2.81. The number of rotatable bonds is 2. The van der Waals surface area contributed by atoms with E-state index in [9.17, 15) is 0 Å². The number of nitriles is 1. The van der Waals surface area contributed by atoms with Crippen molar-refractivity contribution in [2.24, 2.45) is 0 Å². The highest BCUT2D eigenvalue weighted by molar-refractivity contribution is 9.10. The van der Waals surface area contributed by atoms with Gasteiger partial charge in [-0.05, 0) is 28.1 Å². The third kappa shape index (κ3) is 2.60. The van der Waals surface area contributed by atoms with Gasteiger partial charge in [0.05, 0.1) is 23.8 Å². The average Bonchev–Trinajstić information content (AvgIpc) is 2.47. The van der Waals surface area contributed by atoms with Crippen molar-refractivity contribution in [3.63, 3.8) is 0 Å². The second-order valence-electron chi connectivity index (χ2n) is 4.77. The van der Waals surface area contributed by atoms with E-state index in [1.54, 1.807) is 6.20 Å². The molecule has 0 aliphatic carbocycles. The van der Waals surface area contributed by atoms with Gasteiger partial charge in [-0.25, -0.2) is 0 Å². The standard InChI is InChI=1S/C14H14BrN5/c15-11-9-12-14(18-10-11)13(1-3-17-12)20-7-5-19(4-2-16)6-8-20/h1,3,9-10H,4-8H2. The first kappa shape index (κ1) is 13.3. The van der Waals surface area contributed by atoms with E-state index in [1.807, 2.05) is 18.3 Å². The van der Waals surface area contributed by atoms with Crippen LogP contribution in [0.25, 0.3) is 11.0 Å². The van der Waals surface area contributed by atoms with Crippen LogP contribution in [0.15, 0.2) is 29.0 Å². The van der Waals surface area contributed by atoms with Gasteiger partial charge in [-0.2, -0.15) is 5.26 Å². The number of nitrogens with zero attached hydrogens (tertiary/aromatic N) is 5. The Morgan fingerprint density at radius 3 is 2.80 bits per heavy atom. The molecule has 0 unspecified atom stereocenters. The molecule has 5 nitrogen and oxygen atoms in total. The van der Waals surface area contributed by atoms with Gasteiger partial charge >= 0.3 is 0 Å². The van der Waals surface area contributed by atoms with Gasteiger partial charge in [-0.15, -0.1) is 0 Å². The van der Waals surface area contributed by atoms with Gasteiger partial charge in [0.1, 0.15) is 5.52 Å². The highest BCUT2D eigenvalue weighted by Gasteiger charge is 2.19. The minimum atomic E-state index is 0.510. The summed E-state index contributed by atoms with van der Waals surface area (Å²) in [5, 5.41) is 8.74. The lowest BCUT2D eigenvalue weighted by atomic mass is 10.2. The summed E-state index contributed by atoms with van der Waals surface area (Å²) >= 11 is 3.42. The van der Waals surface area contributed by atoms with Gasteiger partial charge in [-0.3, -0.25) is 14.9 Å². The number of fused-ring (bicyclic) bond motifs is 1. The van der Waals surface area contributed by atoms with E-state index in [-0.39, 0.29) is 0 Å². The Labute approximate surface area is 126 Å². The van der Waals surface area contributed by atoms with Crippen molar-refractivity contribution in [2.45, 2.75) is 0 Å². The van der Waals surface area contributed by atoms with Crippen LogP contribution in [0.4, 0.5) is 5.69 Å². The second kappa shape index (κ2) is 5.73. The fourth-order valence-electron chi connectivity index (χ4n) is 2.49. The van der Waals surface area contributed by atoms with Crippen LogP contribution < -0.4 is 4.90 Å². The molecule has 0 amide bonds. The third-order valence-electron chi connectivity index (χ3n) is 3.53. The lowest BCUT2D eigenvalue weighted by Crippen LogP contribution is -2.46. The predicted octanol–water partition coefficient (Wildman–Crippen LogP) is 2.04. The van der Waals surface area contributed by atoms with E-state index in [4.69, 9.17) is 5.26 Å². The molecule has 0 saturated carbocycles. The SMILES string of the molecule is N#CCN1CCN(c2ccnc3cc(Br)cnc23)CC1. The van der Waals surface area contributed by atoms with Crippen molar-refractivity contribution >= 4 is 32.7 Å². The van der Waals surface area contributed by atoms with Crippen molar-refractivity contribution in [1.82, 2.24) is 14.9 Å². The molecule has 0 atom stereocenters. The van der Waals surface area contributed by atoms with Gasteiger partial charge in [-0.1, -0.05) is 0 Å². The molecule has 102 valence electrons. The highest BCUT2D eigenvalue weighted by atomic mass is 79.9. The summed E-state index contributed by atoms with van der Waals surface area (Å²) in [6.07, 6.45) is 3.63. The quantitative estimate of drug-likeness (QED) is 0.788. The van der Waals surface area contributed by atoms with Crippen LogP contribution in [0.2, 0.25) is 0 Å². The van der Waals surface area contributed by atoms with Gasteiger partial charge < -0.3 is 4.90 Å². The Kier molecular flexibility index (Phi) is 3.81. The van der Waals surface area contributed by atoms with E-state index < -0.39 is 0 Å². The molecule has 3 heterocycles. The number of pyridine rings is 2. The highest BCUT2D eigenvalue weighted by Crippen LogP contribution is 2.26. The Balaban J connectivity index is 1.87. The Hall–Kier alpha value is -1.71. The monoisotopic (exact) mass is 331 g/mol. The van der Waals surface area contributed by atoms with Crippen molar-refractivity contribution in [3.8, 4) is 6.07 Å². The molecule has 2 aromatic heterocycles. The van der Waals surface area contributed by atoms with Crippen LogP contribution in [0.5, 0.6) is 0 Å². The van der Waals surface area contributed by atoms with Crippen molar-refractivity contribution in [2.75, 3.05) is 37.6 Å². The van der Waals surface area contributed by atoms with Crippen LogP contribution in [0.1, 0.15) is 0 Å². The number of piperazine rings is 1. The second-order valence-corrected chi connectivity index (χ2v) is 5.69. The molecule has 20 heavy (non-hydrogen) atoms. The number of halogens is 1. The fraction of sp³-hybridized carbons (Fsp3) is 0.357. The van der Waals surface area contributed by atoms with Crippen molar-refractivity contribution in [1.29, 1.82) is 5.26 Å². The molecule has 0 spiro atoms. The molecule has 0 bridgehead atoms. The average molecular weight is 332 g/mol.